The van der Waals surface area contributed by atoms with Gasteiger partial charge in [-0.05, 0) is 59.2 Å². The zero-order valence-electron chi connectivity index (χ0n) is 15.1. The summed E-state index contributed by atoms with van der Waals surface area (Å²) in [5, 5.41) is 7.00. The maximum Gasteiger partial charge on any atom is 0.410 e. The molecule has 2 fully saturated rings. The van der Waals surface area contributed by atoms with Crippen LogP contribution in [0.4, 0.5) is 4.79 Å². The van der Waals surface area contributed by atoms with Crippen LogP contribution in [0.15, 0.2) is 0 Å². The van der Waals surface area contributed by atoms with Crippen LogP contribution in [0.25, 0.3) is 0 Å². The Kier molecular flexibility index (Phi) is 7.11. The summed E-state index contributed by atoms with van der Waals surface area (Å²) in [7, 11) is 0. The fourth-order valence-corrected chi connectivity index (χ4v) is 3.11. The number of nitrogens with one attached hydrogen (secondary N) is 2. The van der Waals surface area contributed by atoms with Crippen LogP contribution >= 0.6 is 0 Å². The lowest BCUT2D eigenvalue weighted by Crippen LogP contribution is -2.51. The van der Waals surface area contributed by atoms with Gasteiger partial charge < -0.3 is 20.3 Å². The zero-order valence-corrected chi connectivity index (χ0v) is 15.1. The summed E-state index contributed by atoms with van der Waals surface area (Å²) in [4.78, 5) is 16.3. The highest BCUT2D eigenvalue weighted by molar-refractivity contribution is 5.68. The van der Waals surface area contributed by atoms with Crippen molar-refractivity contribution in [3.63, 3.8) is 0 Å². The number of ether oxygens (including phenoxy) is 1. The van der Waals surface area contributed by atoms with Crippen LogP contribution in [0, 0.1) is 5.92 Å². The molecule has 0 aromatic carbocycles. The number of piperazine rings is 1. The number of amides is 1. The van der Waals surface area contributed by atoms with Crippen LogP contribution in [0.2, 0.25) is 0 Å². The molecule has 23 heavy (non-hydrogen) atoms. The molecule has 6 heteroatoms. The second-order valence-corrected chi connectivity index (χ2v) is 7.71. The van der Waals surface area contributed by atoms with Gasteiger partial charge in [0.25, 0.3) is 0 Å². The lowest BCUT2D eigenvalue weighted by molar-refractivity contribution is 0.0146. The van der Waals surface area contributed by atoms with Crippen molar-refractivity contribution in [1.29, 1.82) is 0 Å². The van der Waals surface area contributed by atoms with E-state index >= 15 is 0 Å². The second-order valence-electron chi connectivity index (χ2n) is 7.71. The summed E-state index contributed by atoms with van der Waals surface area (Å²) in [6, 6.07) is 0. The van der Waals surface area contributed by atoms with Gasteiger partial charge in [-0.1, -0.05) is 0 Å². The van der Waals surface area contributed by atoms with Gasteiger partial charge >= 0.3 is 6.09 Å². The van der Waals surface area contributed by atoms with Crippen LogP contribution in [-0.2, 0) is 4.74 Å². The van der Waals surface area contributed by atoms with Crippen LogP contribution in [0.3, 0.4) is 0 Å². The number of hydrogen-bond donors (Lipinski definition) is 2. The summed E-state index contributed by atoms with van der Waals surface area (Å²) in [5.74, 6) is 0.834. The number of rotatable bonds is 5. The molecule has 0 unspecified atom stereocenters. The van der Waals surface area contributed by atoms with E-state index in [2.05, 4.69) is 15.5 Å². The van der Waals surface area contributed by atoms with E-state index in [0.29, 0.717) is 0 Å². The quantitative estimate of drug-likeness (QED) is 0.742. The standard InChI is InChI=1S/C17H34N4O2/c1-17(2,3)23-16(22)21-12-10-20(11-13-21)9-8-19-14-15-4-6-18-7-5-15/h15,18-19H,4-14H2,1-3H3. The maximum absolute atomic E-state index is 12.0. The van der Waals surface area contributed by atoms with E-state index in [1.165, 1.54) is 25.9 Å². The fraction of sp³-hybridized carbons (Fsp3) is 0.941. The number of piperidine rings is 1. The van der Waals surface area contributed by atoms with Crippen molar-refractivity contribution in [2.24, 2.45) is 5.92 Å². The highest BCUT2D eigenvalue weighted by Gasteiger charge is 2.25. The van der Waals surface area contributed by atoms with Gasteiger partial charge in [0.15, 0.2) is 0 Å². The first kappa shape index (κ1) is 18.5. The van der Waals surface area contributed by atoms with Gasteiger partial charge in [0.1, 0.15) is 5.60 Å². The largest absolute Gasteiger partial charge is 0.444 e. The molecule has 6 nitrogen and oxygen atoms in total. The maximum atomic E-state index is 12.0. The first-order valence-electron chi connectivity index (χ1n) is 9.06. The van der Waals surface area contributed by atoms with Crippen molar-refractivity contribution < 1.29 is 9.53 Å². The van der Waals surface area contributed by atoms with Crippen molar-refractivity contribution >= 4 is 6.09 Å². The topological polar surface area (TPSA) is 56.8 Å². The predicted molar refractivity (Wildman–Crippen MR) is 92.7 cm³/mol. The van der Waals surface area contributed by atoms with Gasteiger partial charge in [-0.3, -0.25) is 4.90 Å². The Morgan fingerprint density at radius 2 is 1.83 bits per heavy atom. The second kappa shape index (κ2) is 8.85. The minimum Gasteiger partial charge on any atom is -0.444 e. The van der Waals surface area contributed by atoms with E-state index < -0.39 is 5.60 Å². The van der Waals surface area contributed by atoms with E-state index in [1.807, 2.05) is 25.7 Å². The third-order valence-electron chi connectivity index (χ3n) is 4.52. The van der Waals surface area contributed by atoms with Crippen LogP contribution < -0.4 is 10.6 Å². The summed E-state index contributed by atoms with van der Waals surface area (Å²) < 4.78 is 5.43. The first-order chi connectivity index (χ1) is 10.9. The lowest BCUT2D eigenvalue weighted by Gasteiger charge is -2.35. The minimum atomic E-state index is -0.410. The number of nitrogens with zero attached hydrogens (tertiary/aromatic N) is 2. The Morgan fingerprint density at radius 1 is 1.17 bits per heavy atom. The van der Waals surface area contributed by atoms with Gasteiger partial charge in [-0.15, -0.1) is 0 Å². The van der Waals surface area contributed by atoms with Gasteiger partial charge in [0.05, 0.1) is 0 Å². The van der Waals surface area contributed by atoms with E-state index in [0.717, 1.165) is 51.7 Å². The third kappa shape index (κ3) is 7.06. The summed E-state index contributed by atoms with van der Waals surface area (Å²) in [6.45, 7) is 14.7. The van der Waals surface area contributed by atoms with Crippen molar-refractivity contribution in [1.82, 2.24) is 20.4 Å². The van der Waals surface area contributed by atoms with Crippen molar-refractivity contribution in [3.05, 3.63) is 0 Å². The minimum absolute atomic E-state index is 0.179. The van der Waals surface area contributed by atoms with Crippen LogP contribution in [-0.4, -0.2) is 80.4 Å². The predicted octanol–water partition coefficient (Wildman–Crippen LogP) is 1.13. The first-order valence-corrected chi connectivity index (χ1v) is 9.06. The Hall–Kier alpha value is -0.850. The molecule has 2 saturated heterocycles. The molecule has 0 bridgehead atoms. The summed E-state index contributed by atoms with van der Waals surface area (Å²) in [5.41, 5.74) is -0.410. The Labute approximate surface area is 140 Å². The highest BCUT2D eigenvalue weighted by atomic mass is 16.6. The molecule has 2 aliphatic heterocycles. The third-order valence-corrected chi connectivity index (χ3v) is 4.52. The lowest BCUT2D eigenvalue weighted by atomic mass is 9.98. The molecule has 2 rings (SSSR count). The van der Waals surface area contributed by atoms with Gasteiger partial charge in [-0.25, -0.2) is 4.79 Å². The molecule has 2 heterocycles. The molecular formula is C17H34N4O2. The Morgan fingerprint density at radius 3 is 2.43 bits per heavy atom. The van der Waals surface area contributed by atoms with Crippen molar-refractivity contribution in [3.8, 4) is 0 Å². The number of carbonyl (C=O) groups excluding carboxylic acids is 1. The highest BCUT2D eigenvalue weighted by Crippen LogP contribution is 2.12. The summed E-state index contributed by atoms with van der Waals surface area (Å²) in [6.07, 6.45) is 2.41. The van der Waals surface area contributed by atoms with E-state index in [9.17, 15) is 4.79 Å². The average molecular weight is 326 g/mol. The van der Waals surface area contributed by atoms with Crippen molar-refractivity contribution in [2.45, 2.75) is 39.2 Å². The van der Waals surface area contributed by atoms with Gasteiger partial charge in [0.2, 0.25) is 0 Å². The molecule has 0 atom stereocenters. The van der Waals surface area contributed by atoms with Gasteiger partial charge in [-0.2, -0.15) is 0 Å². The molecule has 1 amide bonds. The molecule has 0 spiro atoms. The van der Waals surface area contributed by atoms with Crippen molar-refractivity contribution in [2.75, 3.05) is 58.9 Å². The SMILES string of the molecule is CC(C)(C)OC(=O)N1CCN(CCNCC2CCNCC2)CC1. The van der Waals surface area contributed by atoms with Crippen LogP contribution in [0.5, 0.6) is 0 Å². The van der Waals surface area contributed by atoms with E-state index in [1.54, 1.807) is 0 Å². The summed E-state index contributed by atoms with van der Waals surface area (Å²) >= 11 is 0. The van der Waals surface area contributed by atoms with E-state index in [-0.39, 0.29) is 6.09 Å². The van der Waals surface area contributed by atoms with Crippen LogP contribution in [0.1, 0.15) is 33.6 Å². The molecule has 0 aromatic heterocycles. The monoisotopic (exact) mass is 326 g/mol. The number of hydrogen-bond acceptors (Lipinski definition) is 5. The Balaban J connectivity index is 1.55. The molecular weight excluding hydrogens is 292 g/mol. The molecule has 134 valence electrons. The Bertz CT molecular complexity index is 356. The molecule has 2 aliphatic rings. The molecule has 0 aliphatic carbocycles. The normalized spacial score (nSPS) is 21.4. The zero-order chi connectivity index (χ0) is 16.7. The smallest absolute Gasteiger partial charge is 0.410 e. The average Bonchev–Trinajstić information content (AvgIpc) is 2.51. The molecule has 0 radical (unpaired) electrons. The molecule has 0 aromatic rings. The number of carbonyl (C=O) groups is 1. The fourth-order valence-electron chi connectivity index (χ4n) is 3.11. The molecule has 2 N–H and O–H groups in total. The van der Waals surface area contributed by atoms with E-state index in [4.69, 9.17) is 4.74 Å². The van der Waals surface area contributed by atoms with Gasteiger partial charge in [0, 0.05) is 39.3 Å². The molecule has 0 saturated carbocycles.